The molecule has 86 valence electrons. The number of imidazole rings is 1. The minimum absolute atomic E-state index is 0.000484. The van der Waals surface area contributed by atoms with E-state index in [0.717, 1.165) is 12.2 Å². The number of rotatable bonds is 3. The largest absolute Gasteiger partial charge is 0.329 e. The number of nitrogens with two attached hydrogens (primary N) is 1. The molecular formula is C11H17N5. The normalized spacial score (nSPS) is 13.0. The average molecular weight is 219 g/mol. The molecular weight excluding hydrogens is 202 g/mol. The van der Waals surface area contributed by atoms with Crippen LogP contribution >= 0.6 is 0 Å². The monoisotopic (exact) mass is 219 g/mol. The van der Waals surface area contributed by atoms with Crippen LogP contribution in [-0.2, 0) is 13.6 Å². The van der Waals surface area contributed by atoms with Crippen molar-refractivity contribution in [1.29, 1.82) is 0 Å². The van der Waals surface area contributed by atoms with Crippen LogP contribution in [0.1, 0.15) is 29.9 Å². The number of hydrogen-bond donors (Lipinski definition) is 1. The first-order chi connectivity index (χ1) is 7.59. The molecule has 5 nitrogen and oxygen atoms in total. The molecule has 0 saturated heterocycles. The lowest BCUT2D eigenvalue weighted by Crippen LogP contribution is -2.12. The van der Waals surface area contributed by atoms with Crippen molar-refractivity contribution in [3.63, 3.8) is 0 Å². The van der Waals surface area contributed by atoms with Gasteiger partial charge in [-0.15, -0.1) is 0 Å². The molecule has 0 fully saturated rings. The van der Waals surface area contributed by atoms with Gasteiger partial charge in [-0.1, -0.05) is 0 Å². The van der Waals surface area contributed by atoms with Gasteiger partial charge in [0, 0.05) is 30.5 Å². The van der Waals surface area contributed by atoms with Crippen LogP contribution in [-0.4, -0.2) is 19.3 Å². The van der Waals surface area contributed by atoms with E-state index in [9.17, 15) is 0 Å². The molecule has 2 N–H and O–H groups in total. The Hall–Kier alpha value is -1.62. The standard InChI is InChI=1S/C11H17N5/c1-8(12)11-5-13-7-16(11)6-10-4-14-15(3)9(10)2/h4-5,7-8H,6,12H2,1-3H3. The zero-order valence-electron chi connectivity index (χ0n) is 9.88. The van der Waals surface area contributed by atoms with Gasteiger partial charge in [0.1, 0.15) is 0 Å². The van der Waals surface area contributed by atoms with Crippen molar-refractivity contribution in [3.8, 4) is 0 Å². The summed E-state index contributed by atoms with van der Waals surface area (Å²) in [4.78, 5) is 4.13. The Kier molecular flexibility index (Phi) is 2.78. The molecule has 1 atom stereocenters. The van der Waals surface area contributed by atoms with E-state index in [4.69, 9.17) is 5.73 Å². The van der Waals surface area contributed by atoms with Crippen LogP contribution < -0.4 is 5.73 Å². The molecule has 0 aliphatic carbocycles. The van der Waals surface area contributed by atoms with Crippen LogP contribution in [0.2, 0.25) is 0 Å². The summed E-state index contributed by atoms with van der Waals surface area (Å²) in [6, 6.07) is -0.000484. The fourth-order valence-electron chi connectivity index (χ4n) is 1.73. The number of nitrogens with zero attached hydrogens (tertiary/aromatic N) is 4. The molecule has 2 aromatic heterocycles. The summed E-state index contributed by atoms with van der Waals surface area (Å²) in [6.07, 6.45) is 5.52. The molecule has 0 amide bonds. The van der Waals surface area contributed by atoms with Gasteiger partial charge in [0.2, 0.25) is 0 Å². The second-order valence-electron chi connectivity index (χ2n) is 4.11. The van der Waals surface area contributed by atoms with Crippen molar-refractivity contribution in [2.75, 3.05) is 0 Å². The van der Waals surface area contributed by atoms with Crippen LogP contribution in [0.4, 0.5) is 0 Å². The van der Waals surface area contributed by atoms with Gasteiger partial charge in [-0.3, -0.25) is 4.68 Å². The molecule has 0 saturated carbocycles. The van der Waals surface area contributed by atoms with Gasteiger partial charge < -0.3 is 10.3 Å². The highest BCUT2D eigenvalue weighted by Crippen LogP contribution is 2.13. The minimum Gasteiger partial charge on any atom is -0.329 e. The Balaban J connectivity index is 2.27. The second-order valence-corrected chi connectivity index (χ2v) is 4.11. The zero-order chi connectivity index (χ0) is 11.7. The van der Waals surface area contributed by atoms with E-state index >= 15 is 0 Å². The van der Waals surface area contributed by atoms with Crippen LogP contribution in [0.3, 0.4) is 0 Å². The Morgan fingerprint density at radius 1 is 1.44 bits per heavy atom. The summed E-state index contributed by atoms with van der Waals surface area (Å²) in [5, 5.41) is 4.22. The summed E-state index contributed by atoms with van der Waals surface area (Å²) in [7, 11) is 1.94. The molecule has 16 heavy (non-hydrogen) atoms. The Morgan fingerprint density at radius 3 is 2.75 bits per heavy atom. The summed E-state index contributed by atoms with van der Waals surface area (Å²) in [5.41, 5.74) is 9.29. The van der Waals surface area contributed by atoms with Gasteiger partial charge in [-0.25, -0.2) is 4.98 Å². The van der Waals surface area contributed by atoms with Crippen molar-refractivity contribution in [2.24, 2.45) is 12.8 Å². The molecule has 2 heterocycles. The maximum atomic E-state index is 5.87. The van der Waals surface area contributed by atoms with Gasteiger partial charge in [0.05, 0.1) is 24.8 Å². The third-order valence-corrected chi connectivity index (χ3v) is 2.89. The Bertz CT molecular complexity index is 480. The Labute approximate surface area is 94.9 Å². The van der Waals surface area contributed by atoms with Crippen molar-refractivity contribution in [2.45, 2.75) is 26.4 Å². The van der Waals surface area contributed by atoms with E-state index in [1.807, 2.05) is 37.4 Å². The SMILES string of the molecule is Cc1c(Cn2cncc2C(C)N)cnn1C. The summed E-state index contributed by atoms with van der Waals surface area (Å²) < 4.78 is 3.94. The molecule has 2 aromatic rings. The van der Waals surface area contributed by atoms with Gasteiger partial charge in [0.25, 0.3) is 0 Å². The van der Waals surface area contributed by atoms with Crippen LogP contribution in [0.15, 0.2) is 18.7 Å². The molecule has 5 heteroatoms. The van der Waals surface area contributed by atoms with Crippen LogP contribution in [0, 0.1) is 6.92 Å². The molecule has 0 aliphatic heterocycles. The molecule has 0 bridgehead atoms. The highest BCUT2D eigenvalue weighted by molar-refractivity contribution is 5.18. The van der Waals surface area contributed by atoms with E-state index in [-0.39, 0.29) is 6.04 Å². The highest BCUT2D eigenvalue weighted by atomic mass is 15.3. The highest BCUT2D eigenvalue weighted by Gasteiger charge is 2.09. The lowest BCUT2D eigenvalue weighted by atomic mass is 10.2. The fourth-order valence-corrected chi connectivity index (χ4v) is 1.73. The number of aryl methyl sites for hydroxylation is 1. The number of hydrogen-bond acceptors (Lipinski definition) is 3. The van der Waals surface area contributed by atoms with Gasteiger partial charge in [-0.05, 0) is 13.8 Å². The topological polar surface area (TPSA) is 61.7 Å². The van der Waals surface area contributed by atoms with Gasteiger partial charge >= 0.3 is 0 Å². The lowest BCUT2D eigenvalue weighted by molar-refractivity contribution is 0.670. The maximum absolute atomic E-state index is 5.87. The molecule has 0 radical (unpaired) electrons. The smallest absolute Gasteiger partial charge is 0.0951 e. The van der Waals surface area contributed by atoms with Crippen molar-refractivity contribution < 1.29 is 0 Å². The fraction of sp³-hybridized carbons (Fsp3) is 0.455. The van der Waals surface area contributed by atoms with Crippen molar-refractivity contribution in [3.05, 3.63) is 35.7 Å². The third kappa shape index (κ3) is 1.86. The van der Waals surface area contributed by atoms with E-state index in [1.165, 1.54) is 11.3 Å². The Morgan fingerprint density at radius 2 is 2.19 bits per heavy atom. The van der Waals surface area contributed by atoms with Crippen molar-refractivity contribution >= 4 is 0 Å². The first-order valence-electron chi connectivity index (χ1n) is 5.32. The molecule has 1 unspecified atom stereocenters. The van der Waals surface area contributed by atoms with Crippen LogP contribution in [0.5, 0.6) is 0 Å². The first kappa shape index (κ1) is 10.9. The van der Waals surface area contributed by atoms with E-state index in [2.05, 4.69) is 21.6 Å². The summed E-state index contributed by atoms with van der Waals surface area (Å²) in [5.74, 6) is 0. The summed E-state index contributed by atoms with van der Waals surface area (Å²) in [6.45, 7) is 4.80. The summed E-state index contributed by atoms with van der Waals surface area (Å²) >= 11 is 0. The third-order valence-electron chi connectivity index (χ3n) is 2.89. The van der Waals surface area contributed by atoms with E-state index < -0.39 is 0 Å². The number of aromatic nitrogens is 4. The quantitative estimate of drug-likeness (QED) is 0.837. The molecule has 2 rings (SSSR count). The average Bonchev–Trinajstić information content (AvgIpc) is 2.80. The first-order valence-corrected chi connectivity index (χ1v) is 5.32. The van der Waals surface area contributed by atoms with E-state index in [0.29, 0.717) is 0 Å². The molecule has 0 spiro atoms. The molecule has 0 aliphatic rings. The predicted molar refractivity (Wildman–Crippen MR) is 61.9 cm³/mol. The second kappa shape index (κ2) is 4.09. The van der Waals surface area contributed by atoms with E-state index in [1.54, 1.807) is 0 Å². The lowest BCUT2D eigenvalue weighted by Gasteiger charge is -2.10. The molecule has 0 aromatic carbocycles. The van der Waals surface area contributed by atoms with Gasteiger partial charge in [0.15, 0.2) is 0 Å². The van der Waals surface area contributed by atoms with Crippen molar-refractivity contribution in [1.82, 2.24) is 19.3 Å². The predicted octanol–water partition coefficient (Wildman–Crippen LogP) is 0.993. The van der Waals surface area contributed by atoms with Gasteiger partial charge in [-0.2, -0.15) is 5.10 Å². The maximum Gasteiger partial charge on any atom is 0.0951 e. The zero-order valence-corrected chi connectivity index (χ0v) is 9.88. The van der Waals surface area contributed by atoms with Crippen LogP contribution in [0.25, 0.3) is 0 Å². The minimum atomic E-state index is -0.000484.